The number of rotatable bonds is 7. The van der Waals surface area contributed by atoms with E-state index in [1.807, 2.05) is 30.3 Å². The molecule has 0 amide bonds. The van der Waals surface area contributed by atoms with Crippen LogP contribution < -0.4 is 15.0 Å². The normalized spacial score (nSPS) is 14.4. The molecule has 5 rings (SSSR count). The predicted octanol–water partition coefficient (Wildman–Crippen LogP) is 4.32. The van der Waals surface area contributed by atoms with Crippen molar-refractivity contribution in [2.45, 2.75) is 49.2 Å². The van der Waals surface area contributed by atoms with Gasteiger partial charge in [-0.15, -0.1) is 15.3 Å². The van der Waals surface area contributed by atoms with Crippen LogP contribution in [0.2, 0.25) is 0 Å². The third kappa shape index (κ3) is 4.25. The van der Waals surface area contributed by atoms with Gasteiger partial charge in [0.15, 0.2) is 22.5 Å². The van der Waals surface area contributed by atoms with Crippen LogP contribution in [0.15, 0.2) is 52.4 Å². The van der Waals surface area contributed by atoms with Gasteiger partial charge in [-0.3, -0.25) is 9.36 Å². The molecule has 0 unspecified atom stereocenters. The molecule has 2 heterocycles. The molecule has 1 aliphatic rings. The zero-order valence-electron chi connectivity index (χ0n) is 19.2. The summed E-state index contributed by atoms with van der Waals surface area (Å²) in [5, 5.41) is 18.7. The molecule has 0 spiro atoms. The molecule has 9 nitrogen and oxygen atoms in total. The van der Waals surface area contributed by atoms with Crippen molar-refractivity contribution in [3.05, 3.63) is 52.8 Å². The summed E-state index contributed by atoms with van der Waals surface area (Å²) >= 11 is 1.44. The maximum atomic E-state index is 12.9. The Morgan fingerprint density at radius 1 is 0.971 bits per heavy atom. The van der Waals surface area contributed by atoms with Crippen LogP contribution >= 0.6 is 11.8 Å². The Morgan fingerprint density at radius 3 is 2.56 bits per heavy atom. The first-order chi connectivity index (χ1) is 16.7. The summed E-state index contributed by atoms with van der Waals surface area (Å²) in [6, 6.07) is 13.3. The summed E-state index contributed by atoms with van der Waals surface area (Å²) in [6.45, 7) is 0. The lowest BCUT2D eigenvalue weighted by molar-refractivity contribution is 0.338. The molecule has 4 aromatic rings. The summed E-state index contributed by atoms with van der Waals surface area (Å²) in [5.74, 6) is 2.39. The van der Waals surface area contributed by atoms with E-state index in [2.05, 4.69) is 25.1 Å². The topological polar surface area (TPSA) is 97.0 Å². The Morgan fingerprint density at radius 2 is 1.76 bits per heavy atom. The molecule has 10 heteroatoms. The highest BCUT2D eigenvalue weighted by Gasteiger charge is 2.25. The molecule has 0 saturated heterocycles. The fraction of sp³-hybridized carbons (Fsp3) is 0.375. The quantitative estimate of drug-likeness (QED) is 0.362. The zero-order chi connectivity index (χ0) is 23.5. The first-order valence-electron chi connectivity index (χ1n) is 11.3. The van der Waals surface area contributed by atoms with E-state index in [9.17, 15) is 4.79 Å². The van der Waals surface area contributed by atoms with Crippen LogP contribution in [0.4, 0.5) is 0 Å². The molecule has 1 fully saturated rings. The Hall–Kier alpha value is -3.40. The van der Waals surface area contributed by atoms with Gasteiger partial charge in [0.2, 0.25) is 0 Å². The summed E-state index contributed by atoms with van der Waals surface area (Å²) in [7, 11) is 3.24. The monoisotopic (exact) mass is 478 g/mol. The Kier molecular flexibility index (Phi) is 6.48. The highest BCUT2D eigenvalue weighted by atomic mass is 32.2. The third-order valence-corrected chi connectivity index (χ3v) is 7.10. The summed E-state index contributed by atoms with van der Waals surface area (Å²) in [6.07, 6.45) is 5.74. The molecule has 34 heavy (non-hydrogen) atoms. The second-order valence-corrected chi connectivity index (χ2v) is 9.13. The lowest BCUT2D eigenvalue weighted by atomic mass is 9.95. The molecule has 1 saturated carbocycles. The largest absolute Gasteiger partial charge is 0.493 e. The minimum Gasteiger partial charge on any atom is -0.493 e. The van der Waals surface area contributed by atoms with Crippen molar-refractivity contribution in [1.82, 2.24) is 29.8 Å². The van der Waals surface area contributed by atoms with Crippen molar-refractivity contribution in [3.63, 3.8) is 0 Å². The van der Waals surface area contributed by atoms with Crippen LogP contribution in [0.5, 0.6) is 11.5 Å². The lowest BCUT2D eigenvalue weighted by Gasteiger charge is -2.25. The van der Waals surface area contributed by atoms with Crippen LogP contribution in [0.1, 0.15) is 38.1 Å². The number of thioether (sulfide) groups is 1. The number of fused-ring (bicyclic) bond motifs is 1. The van der Waals surface area contributed by atoms with Gasteiger partial charge in [0, 0.05) is 11.6 Å². The molecule has 2 aromatic carbocycles. The van der Waals surface area contributed by atoms with Crippen molar-refractivity contribution >= 4 is 22.7 Å². The molecule has 0 radical (unpaired) electrons. The van der Waals surface area contributed by atoms with E-state index in [0.29, 0.717) is 34.3 Å². The van der Waals surface area contributed by atoms with Crippen LogP contribution in [0.25, 0.3) is 22.3 Å². The number of aromatic nitrogens is 6. The number of methoxy groups -OCH3 is 2. The van der Waals surface area contributed by atoms with Crippen LogP contribution in [-0.4, -0.2) is 44.0 Å². The Labute approximate surface area is 201 Å². The van der Waals surface area contributed by atoms with Crippen molar-refractivity contribution in [2.24, 2.45) is 0 Å². The highest BCUT2D eigenvalue weighted by molar-refractivity contribution is 7.98. The summed E-state index contributed by atoms with van der Waals surface area (Å²) in [4.78, 5) is 12.9. The SMILES string of the molecule is COc1ccc(-c2nnc(SCn3nnc4ccccc4c3=O)n2C2CCCCC2)cc1OC. The van der Waals surface area contributed by atoms with Gasteiger partial charge in [-0.25, -0.2) is 0 Å². The van der Waals surface area contributed by atoms with Crippen molar-refractivity contribution < 1.29 is 9.47 Å². The minimum absolute atomic E-state index is 0.165. The first-order valence-corrected chi connectivity index (χ1v) is 12.3. The molecular weight excluding hydrogens is 452 g/mol. The second kappa shape index (κ2) is 9.84. The summed E-state index contributed by atoms with van der Waals surface area (Å²) < 4.78 is 14.5. The number of benzene rings is 2. The molecule has 0 atom stereocenters. The number of hydrogen-bond acceptors (Lipinski definition) is 8. The van der Waals surface area contributed by atoms with Crippen molar-refractivity contribution in [1.29, 1.82) is 0 Å². The van der Waals surface area contributed by atoms with E-state index in [0.717, 1.165) is 29.4 Å². The average Bonchev–Trinajstić information content (AvgIpc) is 3.32. The van der Waals surface area contributed by atoms with E-state index >= 15 is 0 Å². The molecule has 2 aromatic heterocycles. The number of hydrogen-bond donors (Lipinski definition) is 0. The third-order valence-electron chi connectivity index (χ3n) is 6.19. The van der Waals surface area contributed by atoms with E-state index in [1.165, 1.54) is 35.7 Å². The lowest BCUT2D eigenvalue weighted by Crippen LogP contribution is -2.23. The Balaban J connectivity index is 1.50. The number of ether oxygens (including phenoxy) is 2. The predicted molar refractivity (Wildman–Crippen MR) is 130 cm³/mol. The maximum absolute atomic E-state index is 12.9. The molecule has 176 valence electrons. The maximum Gasteiger partial charge on any atom is 0.278 e. The molecule has 0 aliphatic heterocycles. The fourth-order valence-electron chi connectivity index (χ4n) is 4.44. The highest BCUT2D eigenvalue weighted by Crippen LogP contribution is 2.38. The fourth-order valence-corrected chi connectivity index (χ4v) is 5.32. The van der Waals surface area contributed by atoms with Gasteiger partial charge < -0.3 is 9.47 Å². The molecule has 0 N–H and O–H groups in total. The smallest absolute Gasteiger partial charge is 0.278 e. The van der Waals surface area contributed by atoms with E-state index in [-0.39, 0.29) is 5.56 Å². The van der Waals surface area contributed by atoms with Crippen LogP contribution in [0, 0.1) is 0 Å². The Bertz CT molecular complexity index is 1360. The van der Waals surface area contributed by atoms with E-state index < -0.39 is 0 Å². The van der Waals surface area contributed by atoms with Gasteiger partial charge in [0.1, 0.15) is 5.52 Å². The molecular formula is C24H26N6O3S. The number of nitrogens with zero attached hydrogens (tertiary/aromatic N) is 6. The van der Waals surface area contributed by atoms with Crippen LogP contribution in [-0.2, 0) is 5.88 Å². The first kappa shape index (κ1) is 22.4. The minimum atomic E-state index is -0.165. The standard InChI is InChI=1S/C24H26N6O3S/c1-32-20-13-12-16(14-21(20)33-2)22-26-27-24(30(22)17-8-4-3-5-9-17)34-15-29-23(31)18-10-6-7-11-19(18)25-28-29/h6-7,10-14,17H,3-5,8-9,15H2,1-2H3. The molecule has 1 aliphatic carbocycles. The van der Waals surface area contributed by atoms with Gasteiger partial charge in [-0.2, -0.15) is 4.68 Å². The second-order valence-electron chi connectivity index (χ2n) is 8.22. The van der Waals surface area contributed by atoms with Crippen LogP contribution in [0.3, 0.4) is 0 Å². The van der Waals surface area contributed by atoms with Gasteiger partial charge >= 0.3 is 0 Å². The van der Waals surface area contributed by atoms with Gasteiger partial charge in [0.25, 0.3) is 5.56 Å². The van der Waals surface area contributed by atoms with Gasteiger partial charge in [-0.1, -0.05) is 48.4 Å². The van der Waals surface area contributed by atoms with E-state index in [1.54, 1.807) is 26.4 Å². The van der Waals surface area contributed by atoms with Gasteiger partial charge in [0.05, 0.1) is 25.5 Å². The van der Waals surface area contributed by atoms with E-state index in [4.69, 9.17) is 9.47 Å². The van der Waals surface area contributed by atoms with Crippen molar-refractivity contribution in [2.75, 3.05) is 14.2 Å². The van der Waals surface area contributed by atoms with Crippen molar-refractivity contribution in [3.8, 4) is 22.9 Å². The van der Waals surface area contributed by atoms with Gasteiger partial charge in [-0.05, 0) is 43.2 Å². The zero-order valence-corrected chi connectivity index (χ0v) is 20.0. The molecule has 0 bridgehead atoms. The average molecular weight is 479 g/mol. The summed E-state index contributed by atoms with van der Waals surface area (Å²) in [5.41, 5.74) is 1.34.